The molecule has 0 bridgehead atoms. The summed E-state index contributed by atoms with van der Waals surface area (Å²) in [6, 6.07) is 4.24. The number of nitrogens with one attached hydrogen (secondary N) is 2. The maximum Gasteiger partial charge on any atom is 0.490 e. The quantitative estimate of drug-likeness (QED) is 0.641. The second-order valence-corrected chi connectivity index (χ2v) is 8.36. The summed E-state index contributed by atoms with van der Waals surface area (Å²) < 4.78 is 37.7. The van der Waals surface area contributed by atoms with Crippen LogP contribution in [-0.2, 0) is 9.59 Å². The van der Waals surface area contributed by atoms with Gasteiger partial charge in [0.05, 0.1) is 5.41 Å². The van der Waals surface area contributed by atoms with Gasteiger partial charge in [-0.1, -0.05) is 13.0 Å². The number of rotatable bonds is 6. The third-order valence-electron chi connectivity index (χ3n) is 5.08. The molecule has 2 aliphatic rings. The molecule has 1 aromatic heterocycles. The van der Waals surface area contributed by atoms with Gasteiger partial charge >= 0.3 is 12.1 Å². The highest BCUT2D eigenvalue weighted by molar-refractivity contribution is 5.82. The molecule has 1 aromatic rings. The van der Waals surface area contributed by atoms with Crippen molar-refractivity contribution in [3.63, 3.8) is 0 Å². The van der Waals surface area contributed by atoms with Crippen LogP contribution in [0.15, 0.2) is 18.3 Å². The Labute approximate surface area is 173 Å². The first-order valence-electron chi connectivity index (χ1n) is 9.81. The Bertz CT molecular complexity index is 751. The van der Waals surface area contributed by atoms with E-state index in [0.717, 1.165) is 13.1 Å². The third kappa shape index (κ3) is 6.86. The molecule has 10 heteroatoms. The number of alkyl halides is 3. The maximum atomic E-state index is 12.6. The zero-order valence-corrected chi connectivity index (χ0v) is 17.3. The summed E-state index contributed by atoms with van der Waals surface area (Å²) >= 11 is 0. The van der Waals surface area contributed by atoms with Gasteiger partial charge in [-0.25, -0.2) is 9.78 Å². The molecular formula is C20H28F3N3O4. The molecule has 2 heterocycles. The Balaban J connectivity index is 0.000000396. The molecule has 168 valence electrons. The standard InChI is InChI=1S/C18H27N3O2.C2HF3O2/c1-12-9-19-10-15(12)21-17(22)18(2,3)11-23-16-14(13-6-7-13)5-4-8-20-16;3-2(4,5)1(6)7/h4-5,8,12-13,15,19H,6-7,9-11H2,1-3H3,(H,21,22);(H,6,7)/t12-,15-;/m1./s1. The molecule has 1 aliphatic carbocycles. The number of aromatic nitrogens is 1. The molecule has 1 saturated carbocycles. The monoisotopic (exact) mass is 431 g/mol. The fourth-order valence-electron chi connectivity index (χ4n) is 2.91. The lowest BCUT2D eigenvalue weighted by atomic mass is 9.92. The minimum Gasteiger partial charge on any atom is -0.476 e. The average Bonchev–Trinajstić information content (AvgIpc) is 3.43. The number of carbonyl (C=O) groups is 2. The van der Waals surface area contributed by atoms with Crippen LogP contribution < -0.4 is 15.4 Å². The van der Waals surface area contributed by atoms with E-state index in [1.165, 1.54) is 18.4 Å². The smallest absolute Gasteiger partial charge is 0.476 e. The van der Waals surface area contributed by atoms with Crippen molar-refractivity contribution in [2.24, 2.45) is 11.3 Å². The van der Waals surface area contributed by atoms with Crippen LogP contribution in [0.5, 0.6) is 5.88 Å². The van der Waals surface area contributed by atoms with E-state index in [0.29, 0.717) is 24.3 Å². The van der Waals surface area contributed by atoms with Gasteiger partial charge in [-0.05, 0) is 51.1 Å². The van der Waals surface area contributed by atoms with Crippen LogP contribution in [0.1, 0.15) is 45.1 Å². The van der Waals surface area contributed by atoms with Crippen molar-refractivity contribution in [2.45, 2.75) is 51.7 Å². The van der Waals surface area contributed by atoms with Crippen LogP contribution in [0.3, 0.4) is 0 Å². The predicted molar refractivity (Wildman–Crippen MR) is 103 cm³/mol. The van der Waals surface area contributed by atoms with Gasteiger partial charge in [0, 0.05) is 24.3 Å². The lowest BCUT2D eigenvalue weighted by molar-refractivity contribution is -0.192. The average molecular weight is 431 g/mol. The van der Waals surface area contributed by atoms with Gasteiger partial charge in [0.15, 0.2) is 0 Å². The highest BCUT2D eigenvalue weighted by Crippen LogP contribution is 2.43. The topological polar surface area (TPSA) is 101 Å². The highest BCUT2D eigenvalue weighted by atomic mass is 19.4. The number of amides is 1. The number of nitrogens with zero attached hydrogens (tertiary/aromatic N) is 1. The molecule has 0 aromatic carbocycles. The number of ether oxygens (including phenoxy) is 1. The van der Waals surface area contributed by atoms with Gasteiger partial charge in [-0.15, -0.1) is 0 Å². The Morgan fingerprint density at radius 1 is 1.30 bits per heavy atom. The first-order valence-corrected chi connectivity index (χ1v) is 9.81. The molecule has 0 radical (unpaired) electrons. The van der Waals surface area contributed by atoms with Crippen LogP contribution in [0.25, 0.3) is 0 Å². The second-order valence-electron chi connectivity index (χ2n) is 8.36. The summed E-state index contributed by atoms with van der Waals surface area (Å²) in [6.07, 6.45) is -0.919. The van der Waals surface area contributed by atoms with Gasteiger partial charge in [0.2, 0.25) is 11.8 Å². The summed E-state index contributed by atoms with van der Waals surface area (Å²) in [6.45, 7) is 8.15. The molecule has 3 rings (SSSR count). The van der Waals surface area contributed by atoms with Gasteiger partial charge in [-0.2, -0.15) is 13.2 Å². The van der Waals surface area contributed by atoms with E-state index < -0.39 is 17.6 Å². The third-order valence-corrected chi connectivity index (χ3v) is 5.08. The molecule has 7 nitrogen and oxygen atoms in total. The lowest BCUT2D eigenvalue weighted by Gasteiger charge is -2.27. The molecular weight excluding hydrogens is 403 g/mol. The van der Waals surface area contributed by atoms with Crippen molar-refractivity contribution in [3.8, 4) is 5.88 Å². The molecule has 2 fully saturated rings. The largest absolute Gasteiger partial charge is 0.490 e. The number of carboxylic acids is 1. The molecule has 3 N–H and O–H groups in total. The molecule has 0 spiro atoms. The summed E-state index contributed by atoms with van der Waals surface area (Å²) in [5.41, 5.74) is 0.595. The van der Waals surface area contributed by atoms with Crippen LogP contribution in [0.4, 0.5) is 13.2 Å². The van der Waals surface area contributed by atoms with Crippen molar-refractivity contribution in [3.05, 3.63) is 23.9 Å². The minimum atomic E-state index is -5.08. The maximum absolute atomic E-state index is 12.6. The minimum absolute atomic E-state index is 0.0435. The van der Waals surface area contributed by atoms with Crippen molar-refractivity contribution in [1.29, 1.82) is 0 Å². The fraction of sp³-hybridized carbons (Fsp3) is 0.650. The zero-order valence-electron chi connectivity index (χ0n) is 17.3. The Morgan fingerprint density at radius 3 is 2.43 bits per heavy atom. The van der Waals surface area contributed by atoms with Crippen molar-refractivity contribution < 1.29 is 32.6 Å². The van der Waals surface area contributed by atoms with Crippen molar-refractivity contribution in [2.75, 3.05) is 19.7 Å². The molecule has 30 heavy (non-hydrogen) atoms. The van der Waals surface area contributed by atoms with E-state index in [-0.39, 0.29) is 11.9 Å². The van der Waals surface area contributed by atoms with Gasteiger partial charge in [0.1, 0.15) is 6.61 Å². The summed E-state index contributed by atoms with van der Waals surface area (Å²) in [5, 5.41) is 13.6. The van der Waals surface area contributed by atoms with E-state index in [1.54, 1.807) is 6.20 Å². The predicted octanol–water partition coefficient (Wildman–Crippen LogP) is 2.72. The van der Waals surface area contributed by atoms with E-state index >= 15 is 0 Å². The fourth-order valence-corrected chi connectivity index (χ4v) is 2.91. The summed E-state index contributed by atoms with van der Waals surface area (Å²) in [4.78, 5) is 25.8. The van der Waals surface area contributed by atoms with E-state index in [2.05, 4.69) is 28.6 Å². The van der Waals surface area contributed by atoms with Crippen LogP contribution in [0.2, 0.25) is 0 Å². The number of halogens is 3. The lowest BCUT2D eigenvalue weighted by Crippen LogP contribution is -2.48. The molecule has 1 aliphatic heterocycles. The molecule has 2 atom stereocenters. The molecule has 1 amide bonds. The highest BCUT2D eigenvalue weighted by Gasteiger charge is 2.38. The normalized spacial score (nSPS) is 21.4. The van der Waals surface area contributed by atoms with Gasteiger partial charge in [-0.3, -0.25) is 4.79 Å². The SMILES string of the molecule is C[C@@H]1CNC[C@H]1NC(=O)C(C)(C)COc1ncccc1C1CC1.O=C(O)C(F)(F)F. The number of carbonyl (C=O) groups excluding carboxylic acids is 1. The van der Waals surface area contributed by atoms with E-state index in [4.69, 9.17) is 14.6 Å². The van der Waals surface area contributed by atoms with Crippen LogP contribution in [0, 0.1) is 11.3 Å². The van der Waals surface area contributed by atoms with Crippen molar-refractivity contribution in [1.82, 2.24) is 15.6 Å². The number of carboxylic acid groups (broad SMARTS) is 1. The van der Waals surface area contributed by atoms with Gasteiger partial charge in [0.25, 0.3) is 0 Å². The Hall–Kier alpha value is -2.36. The summed E-state index contributed by atoms with van der Waals surface area (Å²) in [7, 11) is 0. The van der Waals surface area contributed by atoms with Gasteiger partial charge < -0.3 is 20.5 Å². The number of hydrogen-bond donors (Lipinski definition) is 3. The number of aliphatic carboxylic acids is 1. The molecule has 0 unspecified atom stereocenters. The number of hydrogen-bond acceptors (Lipinski definition) is 5. The van der Waals surface area contributed by atoms with E-state index in [9.17, 15) is 18.0 Å². The summed E-state index contributed by atoms with van der Waals surface area (Å²) in [5.74, 6) is -0.977. The van der Waals surface area contributed by atoms with Crippen LogP contribution in [-0.4, -0.2) is 53.9 Å². The Kier molecular flexibility index (Phi) is 7.68. The first kappa shape index (κ1) is 23.9. The van der Waals surface area contributed by atoms with Crippen molar-refractivity contribution >= 4 is 11.9 Å². The zero-order chi connectivity index (χ0) is 22.5. The molecule has 1 saturated heterocycles. The van der Waals surface area contributed by atoms with Crippen LogP contribution >= 0.6 is 0 Å². The first-order chi connectivity index (χ1) is 13.9. The second kappa shape index (κ2) is 9.63. The number of pyridine rings is 1. The van der Waals surface area contributed by atoms with E-state index in [1.807, 2.05) is 19.9 Å². The Morgan fingerprint density at radius 2 is 1.93 bits per heavy atom.